The molecule has 0 unspecified atom stereocenters. The van der Waals surface area contributed by atoms with Crippen LogP contribution in [0, 0.1) is 0 Å². The molecule has 0 fully saturated rings. The number of ketones is 1. The number of unbranched alkanes of at least 4 members (excludes halogenated alkanes) is 16. The zero-order valence-corrected chi connectivity index (χ0v) is 20.0. The highest BCUT2D eigenvalue weighted by atomic mass is 16.5. The van der Waals surface area contributed by atoms with Crippen molar-refractivity contribution in [2.75, 3.05) is 6.61 Å². The average Bonchev–Trinajstić information content (AvgIpc) is 2.80. The van der Waals surface area contributed by atoms with Crippen LogP contribution in [0.3, 0.4) is 0 Å². The van der Waals surface area contributed by atoms with Crippen LogP contribution >= 0.6 is 0 Å². The number of rotatable bonds is 21. The molecule has 3 heteroatoms. The van der Waals surface area contributed by atoms with Crippen molar-refractivity contribution in [2.45, 2.75) is 122 Å². The molecule has 0 saturated heterocycles. The van der Waals surface area contributed by atoms with E-state index in [-0.39, 0.29) is 18.4 Å². The second kappa shape index (κ2) is 20.3. The normalized spacial score (nSPS) is 10.9. The monoisotopic (exact) mass is 430 g/mol. The lowest BCUT2D eigenvalue weighted by Gasteiger charge is -2.05. The summed E-state index contributed by atoms with van der Waals surface area (Å²) in [6.45, 7) is 2.13. The van der Waals surface area contributed by atoms with Crippen molar-refractivity contribution in [3.05, 3.63) is 35.9 Å². The van der Waals surface area contributed by atoms with Gasteiger partial charge in [-0.2, -0.15) is 0 Å². The van der Waals surface area contributed by atoms with Crippen molar-refractivity contribution in [1.29, 1.82) is 0 Å². The highest BCUT2D eigenvalue weighted by molar-refractivity contribution is 5.97. The van der Waals surface area contributed by atoms with E-state index in [0.717, 1.165) is 12.8 Å². The first-order chi connectivity index (χ1) is 15.2. The van der Waals surface area contributed by atoms with E-state index in [1.807, 2.05) is 18.2 Å². The van der Waals surface area contributed by atoms with Gasteiger partial charge in [0.15, 0.2) is 12.4 Å². The third-order valence-corrected chi connectivity index (χ3v) is 5.94. The number of hydrogen-bond donors (Lipinski definition) is 0. The molecule has 0 atom stereocenters. The van der Waals surface area contributed by atoms with Crippen molar-refractivity contribution in [3.8, 4) is 0 Å². The summed E-state index contributed by atoms with van der Waals surface area (Å²) in [5, 5.41) is 0. The maximum absolute atomic E-state index is 11.9. The van der Waals surface area contributed by atoms with E-state index in [9.17, 15) is 9.59 Å². The van der Waals surface area contributed by atoms with Crippen molar-refractivity contribution in [2.24, 2.45) is 0 Å². The van der Waals surface area contributed by atoms with Crippen LogP contribution in [0.5, 0.6) is 0 Å². The third-order valence-electron chi connectivity index (χ3n) is 5.94. The molecule has 31 heavy (non-hydrogen) atoms. The van der Waals surface area contributed by atoms with Crippen molar-refractivity contribution < 1.29 is 14.3 Å². The Hall–Kier alpha value is -1.64. The summed E-state index contributed by atoms with van der Waals surface area (Å²) in [5.41, 5.74) is 0.591. The minimum absolute atomic E-state index is 0.142. The molecule has 1 rings (SSSR count). The second-order valence-corrected chi connectivity index (χ2v) is 8.86. The molecule has 176 valence electrons. The number of ether oxygens (including phenoxy) is 1. The minimum atomic E-state index is -0.259. The smallest absolute Gasteiger partial charge is 0.306 e. The van der Waals surface area contributed by atoms with Crippen LogP contribution in [0.15, 0.2) is 30.3 Å². The molecule has 0 N–H and O–H groups in total. The van der Waals surface area contributed by atoms with Crippen LogP contribution < -0.4 is 0 Å². The van der Waals surface area contributed by atoms with Crippen LogP contribution in [-0.2, 0) is 9.53 Å². The van der Waals surface area contributed by atoms with E-state index in [1.165, 1.54) is 96.3 Å². The first-order valence-corrected chi connectivity index (χ1v) is 13.0. The Morgan fingerprint density at radius 3 is 1.48 bits per heavy atom. The molecular weight excluding hydrogens is 384 g/mol. The molecule has 0 spiro atoms. The van der Waals surface area contributed by atoms with Crippen LogP contribution in [0.25, 0.3) is 0 Å². The lowest BCUT2D eigenvalue weighted by atomic mass is 10.0. The molecule has 0 radical (unpaired) electrons. The van der Waals surface area contributed by atoms with Gasteiger partial charge in [0.1, 0.15) is 0 Å². The zero-order valence-electron chi connectivity index (χ0n) is 20.0. The highest BCUT2D eigenvalue weighted by Crippen LogP contribution is 2.14. The summed E-state index contributed by atoms with van der Waals surface area (Å²) in [7, 11) is 0. The maximum Gasteiger partial charge on any atom is 0.306 e. The van der Waals surface area contributed by atoms with Gasteiger partial charge < -0.3 is 4.74 Å². The number of carbonyl (C=O) groups excluding carboxylic acids is 2. The van der Waals surface area contributed by atoms with Gasteiger partial charge in [0.05, 0.1) is 0 Å². The summed E-state index contributed by atoms with van der Waals surface area (Å²) in [6, 6.07) is 8.97. The molecule has 0 saturated carbocycles. The fraction of sp³-hybridized carbons (Fsp3) is 0.714. The standard InChI is InChI=1S/C28H46O3/c1-2-3-4-5-6-7-8-9-10-11-12-13-14-15-16-17-21-24-28(30)31-25-27(29)26-22-19-18-20-23-26/h18-20,22-23H,2-17,21,24-25H2,1H3. The van der Waals surface area contributed by atoms with Crippen LogP contribution in [0.1, 0.15) is 133 Å². The Bertz CT molecular complexity index is 553. The summed E-state index contributed by atoms with van der Waals surface area (Å²) in [6.07, 6.45) is 22.9. The molecule has 0 aliphatic rings. The summed E-state index contributed by atoms with van der Waals surface area (Å²) >= 11 is 0. The molecule has 0 amide bonds. The summed E-state index contributed by atoms with van der Waals surface area (Å²) < 4.78 is 5.10. The Labute approximate surface area is 191 Å². The largest absolute Gasteiger partial charge is 0.457 e. The number of esters is 1. The van der Waals surface area contributed by atoms with E-state index < -0.39 is 0 Å². The fourth-order valence-corrected chi connectivity index (χ4v) is 3.92. The molecule has 0 aliphatic carbocycles. The van der Waals surface area contributed by atoms with E-state index in [0.29, 0.717) is 12.0 Å². The van der Waals surface area contributed by atoms with Gasteiger partial charge in [0.2, 0.25) is 0 Å². The maximum atomic E-state index is 11.9. The molecule has 0 heterocycles. The van der Waals surface area contributed by atoms with Crippen LogP contribution in [0.4, 0.5) is 0 Å². The van der Waals surface area contributed by atoms with Gasteiger partial charge in [-0.05, 0) is 6.42 Å². The Kier molecular flexibility index (Phi) is 17.9. The molecule has 1 aromatic carbocycles. The van der Waals surface area contributed by atoms with Gasteiger partial charge in [0, 0.05) is 12.0 Å². The first kappa shape index (κ1) is 27.4. The van der Waals surface area contributed by atoms with Crippen molar-refractivity contribution >= 4 is 11.8 Å². The van der Waals surface area contributed by atoms with Crippen molar-refractivity contribution in [3.63, 3.8) is 0 Å². The average molecular weight is 431 g/mol. The molecule has 0 aromatic heterocycles. The third kappa shape index (κ3) is 16.7. The lowest BCUT2D eigenvalue weighted by Crippen LogP contribution is -2.13. The van der Waals surface area contributed by atoms with Crippen molar-refractivity contribution in [1.82, 2.24) is 0 Å². The summed E-state index contributed by atoms with van der Waals surface area (Å²) in [5.74, 6) is -0.401. The van der Waals surface area contributed by atoms with E-state index in [2.05, 4.69) is 6.92 Å². The Morgan fingerprint density at radius 2 is 1.03 bits per heavy atom. The molecule has 3 nitrogen and oxygen atoms in total. The predicted molar refractivity (Wildman–Crippen MR) is 131 cm³/mol. The number of benzene rings is 1. The lowest BCUT2D eigenvalue weighted by molar-refractivity contribution is -0.142. The SMILES string of the molecule is CCCCCCCCCCCCCCCCCCCC(=O)OCC(=O)c1ccccc1. The molecule has 0 bridgehead atoms. The molecule has 0 aliphatic heterocycles. The van der Waals surface area contributed by atoms with Gasteiger partial charge in [-0.3, -0.25) is 9.59 Å². The van der Waals surface area contributed by atoms with Crippen LogP contribution in [-0.4, -0.2) is 18.4 Å². The van der Waals surface area contributed by atoms with Gasteiger partial charge in [-0.1, -0.05) is 140 Å². The van der Waals surface area contributed by atoms with Crippen LogP contribution in [0.2, 0.25) is 0 Å². The van der Waals surface area contributed by atoms with Gasteiger partial charge in [0.25, 0.3) is 0 Å². The number of carbonyl (C=O) groups is 2. The zero-order chi connectivity index (χ0) is 22.4. The summed E-state index contributed by atoms with van der Waals surface area (Å²) in [4.78, 5) is 23.7. The van der Waals surface area contributed by atoms with Gasteiger partial charge in [-0.15, -0.1) is 0 Å². The van der Waals surface area contributed by atoms with Gasteiger partial charge in [-0.25, -0.2) is 0 Å². The highest BCUT2D eigenvalue weighted by Gasteiger charge is 2.09. The van der Waals surface area contributed by atoms with Gasteiger partial charge >= 0.3 is 5.97 Å². The second-order valence-electron chi connectivity index (χ2n) is 8.86. The van der Waals surface area contributed by atoms with E-state index in [1.54, 1.807) is 12.1 Å². The predicted octanol–water partition coefficient (Wildman–Crippen LogP) is 8.45. The fourth-order valence-electron chi connectivity index (χ4n) is 3.92. The number of hydrogen-bond acceptors (Lipinski definition) is 3. The van der Waals surface area contributed by atoms with E-state index in [4.69, 9.17) is 4.74 Å². The minimum Gasteiger partial charge on any atom is -0.457 e. The van der Waals surface area contributed by atoms with E-state index >= 15 is 0 Å². The topological polar surface area (TPSA) is 43.4 Å². The quantitative estimate of drug-likeness (QED) is 0.112. The first-order valence-electron chi connectivity index (χ1n) is 13.0. The number of Topliss-reactive ketones (excluding diaryl/α,β-unsaturated/α-hetero) is 1. The molecular formula is C28H46O3. The Balaban J connectivity index is 1.79. The Morgan fingerprint density at radius 1 is 0.613 bits per heavy atom. The molecule has 1 aromatic rings.